The third kappa shape index (κ3) is 8.48. The summed E-state index contributed by atoms with van der Waals surface area (Å²) in [7, 11) is -2.60. The summed E-state index contributed by atoms with van der Waals surface area (Å²) in [6.45, 7) is 7.92. The molecule has 0 heterocycles. The van der Waals surface area contributed by atoms with Gasteiger partial charge in [0.25, 0.3) is 10.0 Å². The zero-order valence-electron chi connectivity index (χ0n) is 25.0. The van der Waals surface area contributed by atoms with Gasteiger partial charge in [-0.15, -0.1) is 0 Å². The van der Waals surface area contributed by atoms with Crippen molar-refractivity contribution < 1.29 is 27.5 Å². The van der Waals surface area contributed by atoms with E-state index in [1.165, 1.54) is 17.0 Å². The highest BCUT2D eigenvalue weighted by atomic mass is 32.2. The number of hydrogen-bond donors (Lipinski definition) is 1. The van der Waals surface area contributed by atoms with E-state index in [4.69, 9.17) is 9.47 Å². The van der Waals surface area contributed by atoms with Crippen molar-refractivity contribution in [2.24, 2.45) is 0 Å². The highest BCUT2D eigenvalue weighted by molar-refractivity contribution is 7.92. The van der Waals surface area contributed by atoms with Crippen LogP contribution in [0.4, 0.5) is 5.69 Å². The molecule has 0 aliphatic carbocycles. The predicted molar refractivity (Wildman–Crippen MR) is 164 cm³/mol. The highest BCUT2D eigenvalue weighted by Crippen LogP contribution is 2.27. The molecule has 1 N–H and O–H groups in total. The summed E-state index contributed by atoms with van der Waals surface area (Å²) < 4.78 is 39.9. The minimum Gasteiger partial charge on any atom is -0.497 e. The number of methoxy groups -OCH3 is 1. The number of anilines is 1. The molecule has 226 valence electrons. The molecule has 1 atom stereocenters. The highest BCUT2D eigenvalue weighted by Gasteiger charge is 2.32. The minimum atomic E-state index is -4.15. The van der Waals surface area contributed by atoms with Crippen molar-refractivity contribution in [3.63, 3.8) is 0 Å². The van der Waals surface area contributed by atoms with Crippen molar-refractivity contribution in [3.05, 3.63) is 83.9 Å². The van der Waals surface area contributed by atoms with Crippen LogP contribution in [0.15, 0.2) is 77.7 Å². The van der Waals surface area contributed by atoms with Crippen LogP contribution in [0.25, 0.3) is 0 Å². The monoisotopic (exact) mass is 595 g/mol. The Hall–Kier alpha value is -4.05. The van der Waals surface area contributed by atoms with Crippen LogP contribution in [0.1, 0.15) is 44.7 Å². The van der Waals surface area contributed by atoms with Gasteiger partial charge in [0, 0.05) is 13.1 Å². The minimum absolute atomic E-state index is 0.0551. The van der Waals surface area contributed by atoms with E-state index in [0.29, 0.717) is 30.3 Å². The van der Waals surface area contributed by atoms with Gasteiger partial charge in [-0.1, -0.05) is 43.2 Å². The molecule has 10 heteroatoms. The van der Waals surface area contributed by atoms with Gasteiger partial charge >= 0.3 is 0 Å². The molecule has 1 unspecified atom stereocenters. The summed E-state index contributed by atoms with van der Waals surface area (Å²) in [5.41, 5.74) is 1.95. The number of sulfonamides is 1. The Labute approximate surface area is 249 Å². The maximum atomic E-state index is 14.0. The Morgan fingerprint density at radius 2 is 1.64 bits per heavy atom. The van der Waals surface area contributed by atoms with E-state index < -0.39 is 28.5 Å². The summed E-state index contributed by atoms with van der Waals surface area (Å²) in [6, 6.07) is 19.4. The van der Waals surface area contributed by atoms with Gasteiger partial charge in [0.05, 0.1) is 24.3 Å². The van der Waals surface area contributed by atoms with Crippen LogP contribution in [0, 0.1) is 6.92 Å². The zero-order valence-corrected chi connectivity index (χ0v) is 25.8. The van der Waals surface area contributed by atoms with E-state index in [9.17, 15) is 18.0 Å². The van der Waals surface area contributed by atoms with Gasteiger partial charge in [0.15, 0.2) is 0 Å². The summed E-state index contributed by atoms with van der Waals surface area (Å²) >= 11 is 0. The molecule has 0 radical (unpaired) electrons. The number of benzene rings is 3. The van der Waals surface area contributed by atoms with Gasteiger partial charge in [-0.25, -0.2) is 8.42 Å². The van der Waals surface area contributed by atoms with Crippen LogP contribution in [-0.4, -0.2) is 58.0 Å². The van der Waals surface area contributed by atoms with Gasteiger partial charge < -0.3 is 19.7 Å². The molecule has 0 bridgehead atoms. The lowest BCUT2D eigenvalue weighted by atomic mass is 10.1. The predicted octanol–water partition coefficient (Wildman–Crippen LogP) is 4.93. The molecule has 3 aromatic carbocycles. The fourth-order valence-electron chi connectivity index (χ4n) is 4.33. The molecule has 9 nitrogen and oxygen atoms in total. The molecule has 3 aromatic rings. The van der Waals surface area contributed by atoms with E-state index in [1.54, 1.807) is 68.6 Å². The lowest BCUT2D eigenvalue weighted by Crippen LogP contribution is -2.51. The SMILES string of the molecule is CCCCNC(=O)C(C)N(Cc1cccc(OC)c1)C(=O)CN(c1ccc(OCC)cc1)S(=O)(=O)c1ccc(C)cc1. The standard InChI is InChI=1S/C32H41N3O6S/c1-6-8-20-33-32(37)25(4)34(22-26-10-9-11-29(21-26)40-5)31(36)23-35(27-14-16-28(17-15-27)41-7-2)42(38,39)30-18-12-24(3)13-19-30/h9-19,21,25H,6-8,20,22-23H2,1-5H3,(H,33,37). The summed E-state index contributed by atoms with van der Waals surface area (Å²) in [6.07, 6.45) is 1.72. The molecule has 42 heavy (non-hydrogen) atoms. The number of ether oxygens (including phenoxy) is 2. The van der Waals surface area contributed by atoms with E-state index in [-0.39, 0.29) is 17.3 Å². The fraction of sp³-hybridized carbons (Fsp3) is 0.375. The third-order valence-electron chi connectivity index (χ3n) is 6.81. The second-order valence-corrected chi connectivity index (χ2v) is 11.8. The molecule has 2 amide bonds. The lowest BCUT2D eigenvalue weighted by molar-refractivity contribution is -0.139. The molecule has 0 spiro atoms. The van der Waals surface area contributed by atoms with Gasteiger partial charge in [0.2, 0.25) is 11.8 Å². The summed E-state index contributed by atoms with van der Waals surface area (Å²) in [5, 5.41) is 2.89. The van der Waals surface area contributed by atoms with Crippen molar-refractivity contribution in [2.75, 3.05) is 31.1 Å². The van der Waals surface area contributed by atoms with Crippen LogP contribution in [0.5, 0.6) is 11.5 Å². The van der Waals surface area contributed by atoms with Gasteiger partial charge in [0.1, 0.15) is 24.1 Å². The molecule has 0 fully saturated rings. The van der Waals surface area contributed by atoms with Gasteiger partial charge in [-0.2, -0.15) is 0 Å². The molecule has 0 aromatic heterocycles. The Kier molecular flexibility index (Phi) is 11.8. The number of hydrogen-bond acceptors (Lipinski definition) is 6. The molecule has 3 rings (SSSR count). The fourth-order valence-corrected chi connectivity index (χ4v) is 5.74. The Balaban J connectivity index is 2.01. The normalized spacial score (nSPS) is 11.8. The topological polar surface area (TPSA) is 105 Å². The van der Waals surface area contributed by atoms with Crippen molar-refractivity contribution in [1.82, 2.24) is 10.2 Å². The second-order valence-electron chi connectivity index (χ2n) is 9.95. The molecule has 0 saturated heterocycles. The van der Waals surface area contributed by atoms with Crippen molar-refractivity contribution in [3.8, 4) is 11.5 Å². The maximum absolute atomic E-state index is 14.0. The third-order valence-corrected chi connectivity index (χ3v) is 8.60. The largest absolute Gasteiger partial charge is 0.497 e. The van der Waals surface area contributed by atoms with E-state index in [0.717, 1.165) is 28.3 Å². The number of nitrogens with one attached hydrogen (secondary N) is 1. The Bertz CT molecular complexity index is 1430. The van der Waals surface area contributed by atoms with E-state index >= 15 is 0 Å². The van der Waals surface area contributed by atoms with Crippen LogP contribution >= 0.6 is 0 Å². The average molecular weight is 596 g/mol. The van der Waals surface area contributed by atoms with Gasteiger partial charge in [-0.3, -0.25) is 13.9 Å². The quantitative estimate of drug-likeness (QED) is 0.250. The van der Waals surface area contributed by atoms with Crippen LogP contribution in [0.3, 0.4) is 0 Å². The first-order chi connectivity index (χ1) is 20.1. The van der Waals surface area contributed by atoms with Crippen LogP contribution in [0.2, 0.25) is 0 Å². The van der Waals surface area contributed by atoms with Crippen LogP contribution < -0.4 is 19.1 Å². The van der Waals surface area contributed by atoms with Crippen molar-refractivity contribution in [2.45, 2.75) is 58.0 Å². The molecular formula is C32H41N3O6S. The number of nitrogens with zero attached hydrogens (tertiary/aromatic N) is 2. The maximum Gasteiger partial charge on any atom is 0.264 e. The molecule has 0 aliphatic rings. The number of aryl methyl sites for hydroxylation is 1. The first-order valence-corrected chi connectivity index (χ1v) is 15.6. The average Bonchev–Trinajstić information content (AvgIpc) is 2.99. The van der Waals surface area contributed by atoms with E-state index in [2.05, 4.69) is 5.32 Å². The first-order valence-electron chi connectivity index (χ1n) is 14.1. The Morgan fingerprint density at radius 3 is 2.26 bits per heavy atom. The number of carbonyl (C=O) groups excluding carboxylic acids is 2. The summed E-state index contributed by atoms with van der Waals surface area (Å²) in [4.78, 5) is 28.6. The van der Waals surface area contributed by atoms with Crippen molar-refractivity contribution in [1.29, 1.82) is 0 Å². The molecule has 0 saturated carbocycles. The Morgan fingerprint density at radius 1 is 0.952 bits per heavy atom. The zero-order chi connectivity index (χ0) is 30.7. The van der Waals surface area contributed by atoms with Crippen molar-refractivity contribution >= 4 is 27.5 Å². The second kappa shape index (κ2) is 15.3. The molecular weight excluding hydrogens is 554 g/mol. The number of carbonyl (C=O) groups is 2. The first kappa shape index (κ1) is 32.5. The van der Waals surface area contributed by atoms with Crippen LogP contribution in [-0.2, 0) is 26.2 Å². The summed E-state index contributed by atoms with van der Waals surface area (Å²) in [5.74, 6) is 0.351. The van der Waals surface area contributed by atoms with Gasteiger partial charge in [-0.05, 0) is 81.3 Å². The smallest absolute Gasteiger partial charge is 0.264 e. The number of amides is 2. The number of rotatable bonds is 15. The lowest BCUT2D eigenvalue weighted by Gasteiger charge is -2.32. The number of unbranched alkanes of at least 4 members (excludes halogenated alkanes) is 1. The molecule has 0 aliphatic heterocycles. The van der Waals surface area contributed by atoms with E-state index in [1.807, 2.05) is 26.8 Å².